The predicted molar refractivity (Wildman–Crippen MR) is 59.2 cm³/mol. The lowest BCUT2D eigenvalue weighted by molar-refractivity contribution is 0.705. The van der Waals surface area contributed by atoms with E-state index in [1.165, 1.54) is 0 Å². The van der Waals surface area contributed by atoms with E-state index in [0.717, 1.165) is 23.6 Å². The first-order valence-corrected chi connectivity index (χ1v) is 4.98. The second-order valence-corrected chi connectivity index (χ2v) is 3.65. The number of aromatic nitrogens is 3. The zero-order valence-electron chi connectivity index (χ0n) is 8.64. The van der Waals surface area contributed by atoms with Gasteiger partial charge in [0.2, 0.25) is 0 Å². The summed E-state index contributed by atoms with van der Waals surface area (Å²) in [6.07, 6.45) is 0.722. The molecule has 2 aromatic rings. The van der Waals surface area contributed by atoms with Crippen LogP contribution in [0.5, 0.6) is 0 Å². The Morgan fingerprint density at radius 3 is 2.73 bits per heavy atom. The van der Waals surface area contributed by atoms with E-state index in [0.29, 0.717) is 0 Å². The summed E-state index contributed by atoms with van der Waals surface area (Å²) in [4.78, 5) is 4.37. The molecule has 1 atom stereocenters. The molecule has 3 N–H and O–H groups in total. The number of aromatic amines is 1. The van der Waals surface area contributed by atoms with Crippen LogP contribution in [0.2, 0.25) is 0 Å². The fourth-order valence-corrected chi connectivity index (χ4v) is 1.41. The smallest absolute Gasteiger partial charge is 0.181 e. The third kappa shape index (κ3) is 2.41. The zero-order chi connectivity index (χ0) is 10.7. The third-order valence-corrected chi connectivity index (χ3v) is 2.08. The molecule has 1 heterocycles. The van der Waals surface area contributed by atoms with Crippen molar-refractivity contribution in [3.05, 3.63) is 36.2 Å². The van der Waals surface area contributed by atoms with Gasteiger partial charge in [0.15, 0.2) is 5.82 Å². The Bertz CT molecular complexity index is 419. The van der Waals surface area contributed by atoms with E-state index in [4.69, 9.17) is 5.73 Å². The Balaban J connectivity index is 2.21. The summed E-state index contributed by atoms with van der Waals surface area (Å²) in [7, 11) is 0. The minimum absolute atomic E-state index is 0.0987. The van der Waals surface area contributed by atoms with Crippen molar-refractivity contribution in [1.29, 1.82) is 0 Å². The van der Waals surface area contributed by atoms with Crippen LogP contribution in [-0.4, -0.2) is 21.2 Å². The first-order valence-electron chi connectivity index (χ1n) is 4.98. The molecule has 0 aliphatic heterocycles. The molecule has 78 valence electrons. The summed E-state index contributed by atoms with van der Waals surface area (Å²) in [6.45, 7) is 1.95. The Labute approximate surface area is 88.5 Å². The molecule has 0 saturated carbocycles. The van der Waals surface area contributed by atoms with Gasteiger partial charge in [0.05, 0.1) is 0 Å². The van der Waals surface area contributed by atoms with Crippen LogP contribution < -0.4 is 5.73 Å². The molecule has 0 amide bonds. The lowest BCUT2D eigenvalue weighted by atomic mass is 10.2. The van der Waals surface area contributed by atoms with Crippen molar-refractivity contribution in [2.24, 2.45) is 5.73 Å². The predicted octanol–water partition coefficient (Wildman–Crippen LogP) is 1.36. The topological polar surface area (TPSA) is 67.6 Å². The highest BCUT2D eigenvalue weighted by Gasteiger charge is 2.06. The summed E-state index contributed by atoms with van der Waals surface area (Å²) in [5.74, 6) is 1.56. The standard InChI is InChI=1S/C11H14N4/c1-8(12)7-10-13-11(15-14-10)9-5-3-2-4-6-9/h2-6,8H,7,12H2,1H3,(H,13,14,15). The molecule has 15 heavy (non-hydrogen) atoms. The summed E-state index contributed by atoms with van der Waals surface area (Å²) < 4.78 is 0. The first kappa shape index (κ1) is 9.86. The average molecular weight is 202 g/mol. The fourth-order valence-electron chi connectivity index (χ4n) is 1.41. The number of benzene rings is 1. The molecule has 1 aromatic heterocycles. The van der Waals surface area contributed by atoms with Crippen LogP contribution >= 0.6 is 0 Å². The monoisotopic (exact) mass is 202 g/mol. The molecule has 2 rings (SSSR count). The van der Waals surface area contributed by atoms with Crippen LogP contribution in [0.15, 0.2) is 30.3 Å². The molecular formula is C11H14N4. The highest BCUT2D eigenvalue weighted by Crippen LogP contribution is 2.13. The van der Waals surface area contributed by atoms with E-state index in [2.05, 4.69) is 15.2 Å². The second kappa shape index (κ2) is 4.23. The van der Waals surface area contributed by atoms with Gasteiger partial charge in [0.1, 0.15) is 5.82 Å². The van der Waals surface area contributed by atoms with Gasteiger partial charge in [0, 0.05) is 18.0 Å². The Morgan fingerprint density at radius 2 is 2.07 bits per heavy atom. The van der Waals surface area contributed by atoms with E-state index < -0.39 is 0 Å². The Kier molecular flexibility index (Phi) is 2.78. The van der Waals surface area contributed by atoms with Crippen LogP contribution in [0.3, 0.4) is 0 Å². The molecular weight excluding hydrogens is 188 g/mol. The normalized spacial score (nSPS) is 12.7. The molecule has 0 radical (unpaired) electrons. The molecule has 0 saturated heterocycles. The van der Waals surface area contributed by atoms with Gasteiger partial charge in [-0.15, -0.1) is 0 Å². The Hall–Kier alpha value is -1.68. The molecule has 0 aliphatic rings. The quantitative estimate of drug-likeness (QED) is 0.789. The van der Waals surface area contributed by atoms with E-state index in [9.17, 15) is 0 Å². The van der Waals surface area contributed by atoms with E-state index in [1.54, 1.807) is 0 Å². The van der Waals surface area contributed by atoms with E-state index >= 15 is 0 Å². The number of nitrogens with two attached hydrogens (primary N) is 1. The molecule has 0 aliphatic carbocycles. The van der Waals surface area contributed by atoms with Gasteiger partial charge in [0.25, 0.3) is 0 Å². The minimum Gasteiger partial charge on any atom is -0.328 e. The first-order chi connectivity index (χ1) is 7.25. The highest BCUT2D eigenvalue weighted by molar-refractivity contribution is 5.53. The molecule has 0 fully saturated rings. The van der Waals surface area contributed by atoms with E-state index in [1.807, 2.05) is 37.3 Å². The molecule has 1 unspecified atom stereocenters. The second-order valence-electron chi connectivity index (χ2n) is 3.65. The van der Waals surface area contributed by atoms with Crippen molar-refractivity contribution in [3.63, 3.8) is 0 Å². The van der Waals surface area contributed by atoms with Gasteiger partial charge < -0.3 is 5.73 Å². The van der Waals surface area contributed by atoms with Crippen molar-refractivity contribution in [3.8, 4) is 11.4 Å². The molecule has 0 bridgehead atoms. The van der Waals surface area contributed by atoms with Gasteiger partial charge >= 0.3 is 0 Å². The number of H-pyrrole nitrogens is 1. The van der Waals surface area contributed by atoms with Crippen LogP contribution in [0.4, 0.5) is 0 Å². The van der Waals surface area contributed by atoms with Crippen LogP contribution in [-0.2, 0) is 6.42 Å². The molecule has 0 spiro atoms. The van der Waals surface area contributed by atoms with Crippen LogP contribution in [0, 0.1) is 0 Å². The molecule has 4 nitrogen and oxygen atoms in total. The third-order valence-electron chi connectivity index (χ3n) is 2.08. The Morgan fingerprint density at radius 1 is 1.33 bits per heavy atom. The highest BCUT2D eigenvalue weighted by atomic mass is 15.2. The number of hydrogen-bond donors (Lipinski definition) is 2. The number of hydrogen-bond acceptors (Lipinski definition) is 3. The van der Waals surface area contributed by atoms with Crippen LogP contribution in [0.1, 0.15) is 12.7 Å². The fraction of sp³-hybridized carbons (Fsp3) is 0.273. The van der Waals surface area contributed by atoms with Crippen molar-refractivity contribution in [1.82, 2.24) is 15.2 Å². The molecule has 1 aromatic carbocycles. The van der Waals surface area contributed by atoms with Gasteiger partial charge in [-0.3, -0.25) is 5.10 Å². The lowest BCUT2D eigenvalue weighted by Gasteiger charge is -1.98. The van der Waals surface area contributed by atoms with Gasteiger partial charge in [-0.25, -0.2) is 4.98 Å². The van der Waals surface area contributed by atoms with Crippen molar-refractivity contribution >= 4 is 0 Å². The van der Waals surface area contributed by atoms with Crippen molar-refractivity contribution in [2.45, 2.75) is 19.4 Å². The summed E-state index contributed by atoms with van der Waals surface area (Å²) in [5.41, 5.74) is 6.70. The lowest BCUT2D eigenvalue weighted by Crippen LogP contribution is -2.18. The summed E-state index contributed by atoms with van der Waals surface area (Å²) in [6, 6.07) is 9.98. The van der Waals surface area contributed by atoms with E-state index in [-0.39, 0.29) is 6.04 Å². The summed E-state index contributed by atoms with van der Waals surface area (Å²) >= 11 is 0. The average Bonchev–Trinajstić information content (AvgIpc) is 2.67. The largest absolute Gasteiger partial charge is 0.328 e. The molecule has 4 heteroatoms. The maximum atomic E-state index is 5.68. The maximum Gasteiger partial charge on any atom is 0.181 e. The maximum absolute atomic E-state index is 5.68. The van der Waals surface area contributed by atoms with Crippen molar-refractivity contribution in [2.75, 3.05) is 0 Å². The minimum atomic E-state index is 0.0987. The zero-order valence-corrected chi connectivity index (χ0v) is 8.64. The van der Waals surface area contributed by atoms with Gasteiger partial charge in [-0.1, -0.05) is 30.3 Å². The number of nitrogens with zero attached hydrogens (tertiary/aromatic N) is 2. The van der Waals surface area contributed by atoms with Gasteiger partial charge in [-0.2, -0.15) is 5.10 Å². The number of nitrogens with one attached hydrogen (secondary N) is 1. The number of rotatable bonds is 3. The van der Waals surface area contributed by atoms with Crippen molar-refractivity contribution < 1.29 is 0 Å². The van der Waals surface area contributed by atoms with Gasteiger partial charge in [-0.05, 0) is 6.92 Å². The van der Waals surface area contributed by atoms with Crippen LogP contribution in [0.25, 0.3) is 11.4 Å². The summed E-state index contributed by atoms with van der Waals surface area (Å²) in [5, 5.41) is 7.04. The SMILES string of the molecule is CC(N)Cc1nc(-c2ccccc2)n[nH]1.